The summed E-state index contributed by atoms with van der Waals surface area (Å²) in [6.07, 6.45) is 6.87. The monoisotopic (exact) mass is 312 g/mol. The fraction of sp³-hybridized carbons (Fsp3) is 0.643. The van der Waals surface area contributed by atoms with Crippen LogP contribution in [-0.2, 0) is 0 Å². The molecule has 1 aromatic heterocycles. The summed E-state index contributed by atoms with van der Waals surface area (Å²) in [5.41, 5.74) is 6.99. The molecule has 18 heavy (non-hydrogen) atoms. The average molecular weight is 313 g/mol. The zero-order valence-corrected chi connectivity index (χ0v) is 12.4. The Morgan fingerprint density at radius 2 is 2.11 bits per heavy atom. The smallest absolute Gasteiger partial charge is 0.228 e. The van der Waals surface area contributed by atoms with Crippen LogP contribution in [0.25, 0.3) is 0 Å². The van der Waals surface area contributed by atoms with Crippen LogP contribution in [0, 0.1) is 18.8 Å². The first-order valence-electron chi connectivity index (χ1n) is 6.66. The van der Waals surface area contributed by atoms with Gasteiger partial charge in [0, 0.05) is 6.20 Å². The normalized spacial score (nSPS) is 23.9. The van der Waals surface area contributed by atoms with Crippen LogP contribution in [0.5, 0.6) is 5.88 Å². The van der Waals surface area contributed by atoms with E-state index in [9.17, 15) is 0 Å². The van der Waals surface area contributed by atoms with Gasteiger partial charge < -0.3 is 10.5 Å². The second-order valence-electron chi connectivity index (χ2n) is 5.10. The first-order valence-corrected chi connectivity index (χ1v) is 7.45. The molecule has 1 aliphatic rings. The van der Waals surface area contributed by atoms with Gasteiger partial charge in [0.2, 0.25) is 5.88 Å². The summed E-state index contributed by atoms with van der Waals surface area (Å²) in [7, 11) is 0. The number of aryl methyl sites for hydroxylation is 1. The van der Waals surface area contributed by atoms with Crippen molar-refractivity contribution < 1.29 is 4.74 Å². The van der Waals surface area contributed by atoms with Crippen molar-refractivity contribution in [3.63, 3.8) is 0 Å². The van der Waals surface area contributed by atoms with Crippen LogP contribution in [0.3, 0.4) is 0 Å². The molecular weight excluding hydrogens is 292 g/mol. The lowest BCUT2D eigenvalue weighted by atomic mass is 9.80. The van der Waals surface area contributed by atoms with Gasteiger partial charge in [0.05, 0.1) is 11.1 Å². The maximum absolute atomic E-state index is 5.88. The van der Waals surface area contributed by atoms with Crippen molar-refractivity contribution in [1.29, 1.82) is 0 Å². The van der Waals surface area contributed by atoms with Crippen LogP contribution in [0.2, 0.25) is 0 Å². The van der Waals surface area contributed by atoms with Crippen molar-refractivity contribution in [3.05, 3.63) is 22.3 Å². The van der Waals surface area contributed by atoms with E-state index in [4.69, 9.17) is 10.5 Å². The van der Waals surface area contributed by atoms with E-state index in [-0.39, 0.29) is 0 Å². The van der Waals surface area contributed by atoms with E-state index in [0.29, 0.717) is 17.7 Å². The Bertz CT molecular complexity index is 397. The SMILES string of the molecule is Cc1ccnc(OCC2CCCCC2CN)c1Br. The molecule has 2 unspecified atom stereocenters. The number of rotatable bonds is 4. The number of halogens is 1. The van der Waals surface area contributed by atoms with Crippen LogP contribution >= 0.6 is 15.9 Å². The topological polar surface area (TPSA) is 48.1 Å². The fourth-order valence-electron chi connectivity index (χ4n) is 2.62. The Morgan fingerprint density at radius 1 is 1.39 bits per heavy atom. The Morgan fingerprint density at radius 3 is 2.83 bits per heavy atom. The quantitative estimate of drug-likeness (QED) is 0.928. The molecule has 0 amide bonds. The van der Waals surface area contributed by atoms with E-state index in [1.54, 1.807) is 6.20 Å². The minimum Gasteiger partial charge on any atom is -0.477 e. The van der Waals surface area contributed by atoms with Crippen LogP contribution < -0.4 is 10.5 Å². The maximum atomic E-state index is 5.88. The Kier molecular flexibility index (Phi) is 5.01. The molecule has 3 nitrogen and oxygen atoms in total. The molecule has 0 spiro atoms. The van der Waals surface area contributed by atoms with Gasteiger partial charge >= 0.3 is 0 Å². The van der Waals surface area contributed by atoms with Crippen LogP contribution in [-0.4, -0.2) is 18.1 Å². The third-order valence-corrected chi connectivity index (χ3v) is 4.82. The second kappa shape index (κ2) is 6.53. The highest BCUT2D eigenvalue weighted by Gasteiger charge is 2.24. The summed E-state index contributed by atoms with van der Waals surface area (Å²) in [6, 6.07) is 1.97. The van der Waals surface area contributed by atoms with E-state index < -0.39 is 0 Å². The van der Waals surface area contributed by atoms with Crippen LogP contribution in [0.4, 0.5) is 0 Å². The van der Waals surface area contributed by atoms with E-state index in [1.807, 2.05) is 13.0 Å². The molecular formula is C14H21BrN2O. The molecule has 0 radical (unpaired) electrons. The van der Waals surface area contributed by atoms with E-state index in [1.165, 1.54) is 25.7 Å². The van der Waals surface area contributed by atoms with Crippen molar-refractivity contribution in [2.24, 2.45) is 17.6 Å². The molecule has 0 aliphatic heterocycles. The van der Waals surface area contributed by atoms with Crippen molar-refractivity contribution in [3.8, 4) is 5.88 Å². The Labute approximate surface area is 117 Å². The van der Waals surface area contributed by atoms with Gasteiger partial charge in [-0.2, -0.15) is 0 Å². The molecule has 0 aromatic carbocycles. The van der Waals surface area contributed by atoms with Gasteiger partial charge in [-0.1, -0.05) is 12.8 Å². The lowest BCUT2D eigenvalue weighted by Crippen LogP contribution is -2.30. The minimum absolute atomic E-state index is 0.581. The molecule has 1 fully saturated rings. The van der Waals surface area contributed by atoms with E-state index >= 15 is 0 Å². The summed E-state index contributed by atoms with van der Waals surface area (Å²) >= 11 is 3.53. The number of nitrogens with zero attached hydrogens (tertiary/aromatic N) is 1. The van der Waals surface area contributed by atoms with Crippen molar-refractivity contribution >= 4 is 15.9 Å². The molecule has 0 saturated heterocycles. The zero-order chi connectivity index (χ0) is 13.0. The highest BCUT2D eigenvalue weighted by Crippen LogP contribution is 2.31. The third kappa shape index (κ3) is 3.23. The van der Waals surface area contributed by atoms with Crippen LogP contribution in [0.15, 0.2) is 16.7 Å². The van der Waals surface area contributed by atoms with E-state index in [0.717, 1.165) is 23.2 Å². The molecule has 1 heterocycles. The number of hydrogen-bond acceptors (Lipinski definition) is 3. The van der Waals surface area contributed by atoms with Crippen molar-refractivity contribution in [1.82, 2.24) is 4.98 Å². The number of nitrogens with two attached hydrogens (primary N) is 1. The van der Waals surface area contributed by atoms with Crippen molar-refractivity contribution in [2.75, 3.05) is 13.2 Å². The number of pyridine rings is 1. The first-order chi connectivity index (χ1) is 8.72. The first kappa shape index (κ1) is 13.8. The van der Waals surface area contributed by atoms with Gasteiger partial charge in [-0.05, 0) is 65.7 Å². The Hall–Kier alpha value is -0.610. The van der Waals surface area contributed by atoms with Crippen molar-refractivity contribution in [2.45, 2.75) is 32.6 Å². The molecule has 4 heteroatoms. The van der Waals surface area contributed by atoms with E-state index in [2.05, 4.69) is 20.9 Å². The van der Waals surface area contributed by atoms with Gasteiger partial charge in [0.25, 0.3) is 0 Å². The maximum Gasteiger partial charge on any atom is 0.228 e. The summed E-state index contributed by atoms with van der Waals surface area (Å²) in [4.78, 5) is 4.27. The van der Waals surface area contributed by atoms with Gasteiger partial charge in [0.15, 0.2) is 0 Å². The Balaban J connectivity index is 1.96. The van der Waals surface area contributed by atoms with Gasteiger partial charge in [-0.15, -0.1) is 0 Å². The summed E-state index contributed by atoms with van der Waals surface area (Å²) in [5, 5.41) is 0. The van der Waals surface area contributed by atoms with Crippen LogP contribution in [0.1, 0.15) is 31.2 Å². The summed E-state index contributed by atoms with van der Waals surface area (Å²) in [6.45, 7) is 3.55. The minimum atomic E-state index is 0.581. The molecule has 1 aromatic rings. The molecule has 1 saturated carbocycles. The lowest BCUT2D eigenvalue weighted by Gasteiger charge is -2.30. The molecule has 2 N–H and O–H groups in total. The largest absolute Gasteiger partial charge is 0.477 e. The molecule has 2 atom stereocenters. The highest BCUT2D eigenvalue weighted by molar-refractivity contribution is 9.10. The van der Waals surface area contributed by atoms with Gasteiger partial charge in [-0.3, -0.25) is 0 Å². The predicted octanol–water partition coefficient (Wildman–Crippen LogP) is 3.30. The molecule has 2 rings (SSSR count). The molecule has 0 bridgehead atoms. The summed E-state index contributed by atoms with van der Waals surface area (Å²) < 4.78 is 6.84. The third-order valence-electron chi connectivity index (χ3n) is 3.85. The zero-order valence-electron chi connectivity index (χ0n) is 10.9. The standard InChI is InChI=1S/C14H21BrN2O/c1-10-6-7-17-14(13(10)15)18-9-12-5-3-2-4-11(12)8-16/h6-7,11-12H,2-5,8-9,16H2,1H3. The fourth-order valence-corrected chi connectivity index (χ4v) is 2.97. The second-order valence-corrected chi connectivity index (χ2v) is 5.89. The predicted molar refractivity (Wildman–Crippen MR) is 76.7 cm³/mol. The lowest BCUT2D eigenvalue weighted by molar-refractivity contribution is 0.149. The average Bonchev–Trinajstić information content (AvgIpc) is 2.41. The van der Waals surface area contributed by atoms with Gasteiger partial charge in [-0.25, -0.2) is 4.98 Å². The number of hydrogen-bond donors (Lipinski definition) is 1. The summed E-state index contributed by atoms with van der Waals surface area (Å²) in [5.74, 6) is 1.90. The number of aromatic nitrogens is 1. The molecule has 1 aliphatic carbocycles. The highest BCUT2D eigenvalue weighted by atomic mass is 79.9. The number of ether oxygens (including phenoxy) is 1. The van der Waals surface area contributed by atoms with Gasteiger partial charge in [0.1, 0.15) is 0 Å². The molecule has 100 valence electrons.